The van der Waals surface area contributed by atoms with E-state index in [0.29, 0.717) is 11.4 Å². The molecule has 0 atom stereocenters. The van der Waals surface area contributed by atoms with Crippen molar-refractivity contribution >= 4 is 11.6 Å². The first-order valence-electron chi connectivity index (χ1n) is 3.88. The molecule has 0 nitrogen and oxygen atoms in total. The van der Waals surface area contributed by atoms with Gasteiger partial charge >= 0.3 is 0 Å². The Labute approximate surface area is 83.9 Å². The Hall–Kier alpha value is -1.37. The third-order valence-corrected chi connectivity index (χ3v) is 1.62. The van der Waals surface area contributed by atoms with E-state index in [1.807, 2.05) is 12.1 Å². The van der Waals surface area contributed by atoms with Gasteiger partial charge in [0, 0.05) is 17.5 Å². The molecule has 0 bridgehead atoms. The molecule has 0 aliphatic rings. The average molecular weight is 188 g/mol. The lowest BCUT2D eigenvalue weighted by Gasteiger charge is -1.93. The second-order valence-electron chi connectivity index (χ2n) is 2.40. The molecule has 0 fully saturated rings. The van der Waals surface area contributed by atoms with Gasteiger partial charge in [0.05, 0.1) is 0 Å². The van der Waals surface area contributed by atoms with Gasteiger partial charge in [-0.25, -0.2) is 0 Å². The average Bonchev–Trinajstić information content (AvgIpc) is 2.13. The van der Waals surface area contributed by atoms with E-state index in [0.717, 1.165) is 5.56 Å². The predicted molar refractivity (Wildman–Crippen MR) is 55.2 cm³/mol. The molecule has 0 saturated heterocycles. The molecule has 0 spiro atoms. The fourth-order valence-electron chi connectivity index (χ4n) is 0.844. The molecule has 1 aromatic rings. The molecule has 0 aromatic heterocycles. The van der Waals surface area contributed by atoms with Crippen LogP contribution in [0.25, 0.3) is 0 Å². The zero-order valence-electron chi connectivity index (χ0n) is 7.32. The summed E-state index contributed by atoms with van der Waals surface area (Å²) in [5.74, 6) is 11.1. The maximum atomic E-state index is 5.75. The van der Waals surface area contributed by atoms with E-state index in [2.05, 4.69) is 29.7 Å². The van der Waals surface area contributed by atoms with Crippen LogP contribution in [0.1, 0.15) is 12.5 Å². The molecular weight excluding hydrogens is 180 g/mol. The van der Waals surface area contributed by atoms with Crippen LogP contribution in [0.5, 0.6) is 0 Å². The lowest BCUT2D eigenvalue weighted by molar-refractivity contribution is 1.32. The van der Waals surface area contributed by atoms with Gasteiger partial charge in [-0.15, -0.1) is 0 Å². The van der Waals surface area contributed by atoms with Crippen LogP contribution in [-0.2, 0) is 6.42 Å². The summed E-state index contributed by atoms with van der Waals surface area (Å²) in [5.41, 5.74) is 1.09. The topological polar surface area (TPSA) is 0 Å². The van der Waals surface area contributed by atoms with Crippen LogP contribution in [0.2, 0.25) is 5.02 Å². The largest absolute Gasteiger partial charge is 0.0925 e. The molecule has 0 unspecified atom stereocenters. The third kappa shape index (κ3) is 3.70. The van der Waals surface area contributed by atoms with Crippen molar-refractivity contribution in [3.05, 3.63) is 34.9 Å². The van der Waals surface area contributed by atoms with Crippen LogP contribution in [0, 0.1) is 29.7 Å². The Morgan fingerprint density at radius 2 is 2.31 bits per heavy atom. The van der Waals surface area contributed by atoms with Crippen LogP contribution in [-0.4, -0.2) is 0 Å². The maximum absolute atomic E-state index is 5.75. The Morgan fingerprint density at radius 3 is 3.00 bits per heavy atom. The first kappa shape index (κ1) is 9.72. The summed E-state index contributed by atoms with van der Waals surface area (Å²) < 4.78 is 0. The van der Waals surface area contributed by atoms with E-state index in [4.69, 9.17) is 11.6 Å². The number of hydrogen-bond donors (Lipinski definition) is 0. The van der Waals surface area contributed by atoms with Gasteiger partial charge in [-0.1, -0.05) is 35.6 Å². The molecule has 0 N–H and O–H groups in total. The zero-order chi connectivity index (χ0) is 9.52. The zero-order valence-corrected chi connectivity index (χ0v) is 8.07. The summed E-state index contributed by atoms with van der Waals surface area (Å²) >= 11 is 5.75. The minimum absolute atomic E-state index is 0.626. The SMILES string of the molecule is CC#CC#CCc1cc[c]c(Cl)c1. The van der Waals surface area contributed by atoms with E-state index in [-0.39, 0.29) is 0 Å². The standard InChI is InChI=1S/C12H8Cl/c1-2-3-4-5-7-11-8-6-9-12(13)10-11/h6,8,10H,7H2,1H3. The van der Waals surface area contributed by atoms with E-state index in [9.17, 15) is 0 Å². The van der Waals surface area contributed by atoms with Gasteiger partial charge in [0.1, 0.15) is 0 Å². The minimum Gasteiger partial charge on any atom is -0.0925 e. The summed E-state index contributed by atoms with van der Waals surface area (Å²) in [4.78, 5) is 0. The second-order valence-corrected chi connectivity index (χ2v) is 2.81. The van der Waals surface area contributed by atoms with Gasteiger partial charge in [0.25, 0.3) is 0 Å². The lowest BCUT2D eigenvalue weighted by Crippen LogP contribution is -1.79. The highest BCUT2D eigenvalue weighted by Gasteiger charge is 1.90. The monoisotopic (exact) mass is 187 g/mol. The van der Waals surface area contributed by atoms with Gasteiger partial charge in [-0.2, -0.15) is 0 Å². The minimum atomic E-state index is 0.626. The van der Waals surface area contributed by atoms with E-state index < -0.39 is 0 Å². The maximum Gasteiger partial charge on any atom is 0.0488 e. The van der Waals surface area contributed by atoms with Crippen molar-refractivity contribution in [3.63, 3.8) is 0 Å². The lowest BCUT2D eigenvalue weighted by atomic mass is 10.2. The quantitative estimate of drug-likeness (QED) is 0.593. The fourth-order valence-corrected chi connectivity index (χ4v) is 1.05. The molecule has 63 valence electrons. The van der Waals surface area contributed by atoms with Crippen molar-refractivity contribution in [2.45, 2.75) is 13.3 Å². The van der Waals surface area contributed by atoms with Crippen LogP contribution >= 0.6 is 11.6 Å². The second kappa shape index (κ2) is 5.31. The molecule has 0 heterocycles. The molecule has 0 aliphatic heterocycles. The molecule has 1 rings (SSSR count). The summed E-state index contributed by atoms with van der Waals surface area (Å²) in [6.07, 6.45) is 0.684. The molecule has 0 aliphatic carbocycles. The number of halogens is 1. The summed E-state index contributed by atoms with van der Waals surface area (Å²) in [6, 6.07) is 8.46. The highest BCUT2D eigenvalue weighted by Crippen LogP contribution is 2.09. The molecule has 1 radical (unpaired) electrons. The molecule has 1 heteroatoms. The summed E-state index contributed by atoms with van der Waals surface area (Å²) in [5, 5.41) is 0.626. The number of rotatable bonds is 1. The fraction of sp³-hybridized carbons (Fsp3) is 0.167. The van der Waals surface area contributed by atoms with Crippen molar-refractivity contribution in [2.24, 2.45) is 0 Å². The van der Waals surface area contributed by atoms with Crippen LogP contribution in [0.15, 0.2) is 18.2 Å². The molecular formula is C12H8Cl. The Balaban J connectivity index is 2.64. The normalized spacial score (nSPS) is 7.85. The van der Waals surface area contributed by atoms with Crippen molar-refractivity contribution in [3.8, 4) is 23.7 Å². The van der Waals surface area contributed by atoms with Crippen molar-refractivity contribution in [1.29, 1.82) is 0 Å². The van der Waals surface area contributed by atoms with Gasteiger partial charge in [0.15, 0.2) is 0 Å². The molecule has 0 amide bonds. The van der Waals surface area contributed by atoms with E-state index >= 15 is 0 Å². The molecule has 13 heavy (non-hydrogen) atoms. The number of benzene rings is 1. The van der Waals surface area contributed by atoms with Crippen molar-refractivity contribution in [2.75, 3.05) is 0 Å². The summed E-state index contributed by atoms with van der Waals surface area (Å²) in [6.45, 7) is 1.77. The van der Waals surface area contributed by atoms with Gasteiger partial charge in [0.2, 0.25) is 0 Å². The first-order chi connectivity index (χ1) is 6.33. The van der Waals surface area contributed by atoms with Gasteiger partial charge in [-0.05, 0) is 30.4 Å². The van der Waals surface area contributed by atoms with Gasteiger partial charge < -0.3 is 0 Å². The number of hydrogen-bond acceptors (Lipinski definition) is 0. The first-order valence-corrected chi connectivity index (χ1v) is 4.26. The smallest absolute Gasteiger partial charge is 0.0488 e. The predicted octanol–water partition coefficient (Wildman–Crippen LogP) is 2.71. The Kier molecular flexibility index (Phi) is 3.97. The van der Waals surface area contributed by atoms with Crippen molar-refractivity contribution < 1.29 is 0 Å². The van der Waals surface area contributed by atoms with Crippen LogP contribution in [0.4, 0.5) is 0 Å². The van der Waals surface area contributed by atoms with Crippen LogP contribution < -0.4 is 0 Å². The Bertz CT molecular complexity index is 396. The molecule has 1 aromatic carbocycles. The van der Waals surface area contributed by atoms with E-state index in [1.54, 1.807) is 13.0 Å². The highest BCUT2D eigenvalue weighted by molar-refractivity contribution is 6.30. The summed E-state index contributed by atoms with van der Waals surface area (Å²) in [7, 11) is 0. The van der Waals surface area contributed by atoms with Crippen LogP contribution in [0.3, 0.4) is 0 Å². The Morgan fingerprint density at radius 1 is 1.46 bits per heavy atom. The third-order valence-electron chi connectivity index (χ3n) is 1.40. The van der Waals surface area contributed by atoms with Gasteiger partial charge in [-0.3, -0.25) is 0 Å². The highest BCUT2D eigenvalue weighted by atomic mass is 35.5. The van der Waals surface area contributed by atoms with Crippen molar-refractivity contribution in [1.82, 2.24) is 0 Å². The molecule has 0 saturated carbocycles. The van der Waals surface area contributed by atoms with E-state index in [1.165, 1.54) is 0 Å².